The molecule has 0 aliphatic carbocycles. The molecule has 2 amide bonds. The molecule has 0 radical (unpaired) electrons. The van der Waals surface area contributed by atoms with E-state index in [1.807, 2.05) is 0 Å². The maximum atomic E-state index is 12.5. The Morgan fingerprint density at radius 3 is 1.47 bits per heavy atom. The lowest BCUT2D eigenvalue weighted by Gasteiger charge is -2.13. The third kappa shape index (κ3) is 4.12. The molecule has 30 heavy (non-hydrogen) atoms. The average molecular weight is 398 g/mol. The van der Waals surface area contributed by atoms with Crippen molar-refractivity contribution in [2.45, 2.75) is 0 Å². The predicted molar refractivity (Wildman–Crippen MR) is 107 cm³/mol. The summed E-state index contributed by atoms with van der Waals surface area (Å²) in [4.78, 5) is 49.4. The molecule has 0 aliphatic rings. The van der Waals surface area contributed by atoms with E-state index in [0.717, 1.165) is 0 Å². The Hall–Kier alpha value is -4.60. The fraction of sp³-hybridized carbons (Fsp3) is 0. The van der Waals surface area contributed by atoms with Crippen molar-refractivity contribution in [1.29, 1.82) is 0 Å². The van der Waals surface area contributed by atoms with Crippen molar-refractivity contribution in [2.75, 3.05) is 10.6 Å². The van der Waals surface area contributed by atoms with Crippen LogP contribution in [-0.4, -0.2) is 41.7 Å². The van der Waals surface area contributed by atoms with Crippen LogP contribution in [0.2, 0.25) is 0 Å². The van der Waals surface area contributed by atoms with Crippen LogP contribution < -0.4 is 10.6 Å². The highest BCUT2D eigenvalue weighted by molar-refractivity contribution is 6.07. The average Bonchev–Trinajstić information content (AvgIpc) is 2.81. The van der Waals surface area contributed by atoms with Gasteiger partial charge in [0.1, 0.15) is 22.8 Å². The zero-order valence-corrected chi connectivity index (χ0v) is 15.4. The highest BCUT2D eigenvalue weighted by Gasteiger charge is 2.17. The number of pyridine rings is 2. The van der Waals surface area contributed by atoms with Crippen molar-refractivity contribution in [3.63, 3.8) is 0 Å². The number of anilines is 2. The first-order valence-corrected chi connectivity index (χ1v) is 8.77. The van der Waals surface area contributed by atoms with Crippen molar-refractivity contribution < 1.29 is 9.59 Å². The molecule has 4 aromatic heterocycles. The van der Waals surface area contributed by atoms with Gasteiger partial charge in [-0.15, -0.1) is 0 Å². The zero-order chi connectivity index (χ0) is 20.8. The van der Waals surface area contributed by atoms with Crippen LogP contribution in [0.4, 0.5) is 11.4 Å². The van der Waals surface area contributed by atoms with Crippen molar-refractivity contribution in [2.24, 2.45) is 0 Å². The molecule has 4 aromatic rings. The second-order valence-corrected chi connectivity index (χ2v) is 5.89. The molecule has 0 atom stereocenters. The monoisotopic (exact) mass is 398 g/mol. The van der Waals surface area contributed by atoms with Gasteiger partial charge < -0.3 is 10.6 Å². The third-order valence-corrected chi connectivity index (χ3v) is 3.93. The number of rotatable bonds is 5. The molecule has 0 unspecified atom stereocenters. The maximum absolute atomic E-state index is 12.5. The number of hydrogen-bond acceptors (Lipinski definition) is 8. The lowest BCUT2D eigenvalue weighted by atomic mass is 10.1. The van der Waals surface area contributed by atoms with Gasteiger partial charge in [0.05, 0.1) is 23.8 Å². The van der Waals surface area contributed by atoms with Gasteiger partial charge >= 0.3 is 0 Å². The van der Waals surface area contributed by atoms with E-state index in [1.54, 1.807) is 36.7 Å². The maximum Gasteiger partial charge on any atom is 0.275 e. The van der Waals surface area contributed by atoms with Crippen LogP contribution in [0.15, 0.2) is 73.8 Å². The number of hydrogen-bond donors (Lipinski definition) is 2. The Kier molecular flexibility index (Phi) is 5.38. The molecule has 0 bridgehead atoms. The molecule has 0 aromatic carbocycles. The summed E-state index contributed by atoms with van der Waals surface area (Å²) < 4.78 is 0. The molecule has 4 rings (SSSR count). The molecular formula is C20H14N8O2. The van der Waals surface area contributed by atoms with Crippen molar-refractivity contribution >= 4 is 23.2 Å². The highest BCUT2D eigenvalue weighted by Crippen LogP contribution is 2.30. The van der Waals surface area contributed by atoms with Gasteiger partial charge in [0, 0.05) is 37.2 Å². The molecule has 0 fully saturated rings. The van der Waals surface area contributed by atoms with Gasteiger partial charge in [0.25, 0.3) is 11.8 Å². The second-order valence-electron chi connectivity index (χ2n) is 5.89. The quantitative estimate of drug-likeness (QED) is 0.522. The smallest absolute Gasteiger partial charge is 0.275 e. The summed E-state index contributed by atoms with van der Waals surface area (Å²) in [5, 5.41) is 5.52. The number of nitrogens with one attached hydrogen (secondary N) is 2. The van der Waals surface area contributed by atoms with Crippen molar-refractivity contribution in [3.05, 3.63) is 85.2 Å². The predicted octanol–water partition coefficient (Wildman–Crippen LogP) is 2.23. The van der Waals surface area contributed by atoms with Gasteiger partial charge in [-0.1, -0.05) is 0 Å². The van der Waals surface area contributed by atoms with E-state index in [0.29, 0.717) is 22.8 Å². The van der Waals surface area contributed by atoms with E-state index in [1.165, 1.54) is 37.2 Å². The molecule has 0 saturated heterocycles. The standard InChI is InChI=1S/C20H14N8O2/c29-19(15-11-21-7-9-23-15)27-13-3-1-5-25-17(13)18-14(4-2-6-26-18)28-20(30)16-12-22-8-10-24-16/h1-12H,(H,27,29)(H,28,30). The number of carbonyl (C=O) groups excluding carboxylic acids is 2. The Morgan fingerprint density at radius 1 is 0.600 bits per heavy atom. The van der Waals surface area contributed by atoms with Crippen molar-refractivity contribution in [3.8, 4) is 11.4 Å². The van der Waals surface area contributed by atoms with Crippen LogP contribution in [0.25, 0.3) is 11.4 Å². The summed E-state index contributed by atoms with van der Waals surface area (Å²) in [5.74, 6) is -0.892. The second kappa shape index (κ2) is 8.61. The highest BCUT2D eigenvalue weighted by atomic mass is 16.2. The van der Waals surface area contributed by atoms with E-state index in [9.17, 15) is 9.59 Å². The van der Waals surface area contributed by atoms with Crippen LogP contribution in [0.1, 0.15) is 21.0 Å². The Labute approximate surface area is 170 Å². The van der Waals surface area contributed by atoms with Gasteiger partial charge in [-0.3, -0.25) is 29.5 Å². The minimum atomic E-state index is -0.446. The SMILES string of the molecule is O=C(Nc1cccnc1-c1ncccc1NC(=O)c1cnccn1)c1cnccn1. The normalized spacial score (nSPS) is 10.3. The fourth-order valence-electron chi connectivity index (χ4n) is 2.60. The van der Waals surface area contributed by atoms with E-state index in [2.05, 4.69) is 40.5 Å². The molecule has 0 aliphatic heterocycles. The third-order valence-electron chi connectivity index (χ3n) is 3.93. The van der Waals surface area contributed by atoms with E-state index in [-0.39, 0.29) is 11.4 Å². The zero-order valence-electron chi connectivity index (χ0n) is 15.4. The fourth-order valence-corrected chi connectivity index (χ4v) is 2.60. The van der Waals surface area contributed by atoms with Gasteiger partial charge in [0.15, 0.2) is 0 Å². The molecule has 10 nitrogen and oxygen atoms in total. The summed E-state index contributed by atoms with van der Waals surface area (Å²) in [5.41, 5.74) is 1.88. The van der Waals surface area contributed by atoms with Gasteiger partial charge in [-0.25, -0.2) is 9.97 Å². The summed E-state index contributed by atoms with van der Waals surface area (Å²) in [6.07, 6.45) is 11.7. The van der Waals surface area contributed by atoms with Crippen LogP contribution in [0, 0.1) is 0 Å². The van der Waals surface area contributed by atoms with Crippen LogP contribution in [0.5, 0.6) is 0 Å². The lowest BCUT2D eigenvalue weighted by molar-refractivity contribution is 0.101. The Bertz CT molecular complexity index is 1090. The van der Waals surface area contributed by atoms with Gasteiger partial charge in [-0.2, -0.15) is 0 Å². The Balaban J connectivity index is 1.65. The molecule has 0 saturated carbocycles. The minimum Gasteiger partial charge on any atom is -0.319 e. The number of nitrogens with zero attached hydrogens (tertiary/aromatic N) is 6. The van der Waals surface area contributed by atoms with Gasteiger partial charge in [-0.05, 0) is 24.3 Å². The molecular weight excluding hydrogens is 384 g/mol. The van der Waals surface area contributed by atoms with Gasteiger partial charge in [0.2, 0.25) is 0 Å². The first-order valence-electron chi connectivity index (χ1n) is 8.77. The largest absolute Gasteiger partial charge is 0.319 e. The Morgan fingerprint density at radius 2 is 1.07 bits per heavy atom. The number of carbonyl (C=O) groups is 2. The summed E-state index contributed by atoms with van der Waals surface area (Å²) in [7, 11) is 0. The number of aromatic nitrogens is 6. The molecule has 146 valence electrons. The van der Waals surface area contributed by atoms with E-state index < -0.39 is 11.8 Å². The van der Waals surface area contributed by atoms with E-state index >= 15 is 0 Å². The number of amides is 2. The summed E-state index contributed by atoms with van der Waals surface area (Å²) in [6, 6.07) is 6.71. The molecule has 10 heteroatoms. The van der Waals surface area contributed by atoms with Crippen LogP contribution in [0.3, 0.4) is 0 Å². The topological polar surface area (TPSA) is 136 Å². The summed E-state index contributed by atoms with van der Waals surface area (Å²) in [6.45, 7) is 0. The minimum absolute atomic E-state index is 0.157. The van der Waals surface area contributed by atoms with Crippen LogP contribution in [-0.2, 0) is 0 Å². The van der Waals surface area contributed by atoms with Crippen molar-refractivity contribution in [1.82, 2.24) is 29.9 Å². The molecule has 0 spiro atoms. The summed E-state index contributed by atoms with van der Waals surface area (Å²) >= 11 is 0. The molecule has 2 N–H and O–H groups in total. The molecule has 4 heterocycles. The first-order chi connectivity index (χ1) is 14.7. The van der Waals surface area contributed by atoms with E-state index in [4.69, 9.17) is 0 Å². The first kappa shape index (κ1) is 18.7. The van der Waals surface area contributed by atoms with Crippen LogP contribution >= 0.6 is 0 Å². The lowest BCUT2D eigenvalue weighted by Crippen LogP contribution is -2.16.